The van der Waals surface area contributed by atoms with Gasteiger partial charge < -0.3 is 15.0 Å². The van der Waals surface area contributed by atoms with Crippen molar-refractivity contribution in [1.29, 1.82) is 0 Å². The Bertz CT molecular complexity index is 440. The molecule has 0 saturated heterocycles. The van der Waals surface area contributed by atoms with Gasteiger partial charge in [-0.1, -0.05) is 12.2 Å². The third kappa shape index (κ3) is 2.90. The summed E-state index contributed by atoms with van der Waals surface area (Å²) in [4.78, 5) is 12.1. The quantitative estimate of drug-likeness (QED) is 0.612. The third-order valence-electron chi connectivity index (χ3n) is 2.39. The second-order valence-electron chi connectivity index (χ2n) is 3.56. The predicted octanol–water partition coefficient (Wildman–Crippen LogP) is 0.827. The van der Waals surface area contributed by atoms with Crippen LogP contribution in [0.1, 0.15) is 17.7 Å². The van der Waals surface area contributed by atoms with E-state index in [1.165, 1.54) is 0 Å². The van der Waals surface area contributed by atoms with E-state index in [1.807, 2.05) is 13.0 Å². The van der Waals surface area contributed by atoms with E-state index in [2.05, 4.69) is 0 Å². The Kier molecular flexibility index (Phi) is 4.64. The Morgan fingerprint density at radius 2 is 2.25 bits per heavy atom. The minimum atomic E-state index is -0.122. The number of aryl methyl sites for hydroxylation is 1. The summed E-state index contributed by atoms with van der Waals surface area (Å²) in [7, 11) is 1.64. The van der Waals surface area contributed by atoms with Crippen molar-refractivity contribution in [2.75, 3.05) is 13.7 Å². The van der Waals surface area contributed by atoms with Crippen molar-refractivity contribution >= 4 is 17.2 Å². The van der Waals surface area contributed by atoms with Crippen molar-refractivity contribution in [1.82, 2.24) is 4.57 Å². The van der Waals surface area contributed by atoms with Gasteiger partial charge in [-0.05, 0) is 25.5 Å². The maximum atomic E-state index is 12.0. The summed E-state index contributed by atoms with van der Waals surface area (Å²) in [5.74, 6) is 0. The summed E-state index contributed by atoms with van der Waals surface area (Å²) in [6, 6.07) is 3.52. The molecule has 1 aromatic heterocycles. The largest absolute Gasteiger partial charge is 0.389 e. The van der Waals surface area contributed by atoms with E-state index in [4.69, 9.17) is 22.7 Å². The highest BCUT2D eigenvalue weighted by molar-refractivity contribution is 7.80. The van der Waals surface area contributed by atoms with Crippen molar-refractivity contribution in [3.8, 4) is 0 Å². The molecule has 2 N–H and O–H groups in total. The van der Waals surface area contributed by atoms with Crippen LogP contribution in [0.2, 0.25) is 0 Å². The fourth-order valence-corrected chi connectivity index (χ4v) is 1.66. The van der Waals surface area contributed by atoms with Gasteiger partial charge >= 0.3 is 0 Å². The van der Waals surface area contributed by atoms with Crippen LogP contribution in [0, 0.1) is 6.92 Å². The Morgan fingerprint density at radius 3 is 2.81 bits per heavy atom. The number of rotatable bonds is 5. The lowest BCUT2D eigenvalue weighted by atomic mass is 10.2. The van der Waals surface area contributed by atoms with Crippen LogP contribution in [0.25, 0.3) is 0 Å². The molecule has 0 aromatic carbocycles. The summed E-state index contributed by atoms with van der Waals surface area (Å²) in [6.07, 6.45) is 0.790. The van der Waals surface area contributed by atoms with Crippen LogP contribution in [0.3, 0.4) is 0 Å². The molecule has 4 nitrogen and oxygen atoms in total. The topological polar surface area (TPSA) is 57.2 Å². The van der Waals surface area contributed by atoms with Crippen LogP contribution in [-0.4, -0.2) is 23.3 Å². The van der Waals surface area contributed by atoms with Gasteiger partial charge in [-0.2, -0.15) is 0 Å². The summed E-state index contributed by atoms with van der Waals surface area (Å²) < 4.78 is 6.63. The Hall–Kier alpha value is -1.20. The zero-order valence-corrected chi connectivity index (χ0v) is 10.3. The van der Waals surface area contributed by atoms with Crippen LogP contribution in [0.15, 0.2) is 16.9 Å². The minimum absolute atomic E-state index is 0.122. The highest BCUT2D eigenvalue weighted by atomic mass is 32.1. The van der Waals surface area contributed by atoms with Crippen LogP contribution < -0.4 is 11.3 Å². The number of nitrogens with zero attached hydrogens (tertiary/aromatic N) is 1. The highest BCUT2D eigenvalue weighted by Crippen LogP contribution is 2.00. The van der Waals surface area contributed by atoms with Gasteiger partial charge in [-0.15, -0.1) is 0 Å². The monoisotopic (exact) mass is 240 g/mol. The molecule has 0 fully saturated rings. The molecule has 0 bridgehead atoms. The Labute approximate surface area is 100 Å². The van der Waals surface area contributed by atoms with Crippen LogP contribution in [0.5, 0.6) is 0 Å². The molecule has 0 aliphatic carbocycles. The Balaban J connectivity index is 3.02. The van der Waals surface area contributed by atoms with Crippen LogP contribution in [-0.2, 0) is 11.3 Å². The molecule has 0 aliphatic rings. The zero-order chi connectivity index (χ0) is 12.1. The normalized spacial score (nSPS) is 10.4. The number of methoxy groups -OCH3 is 1. The van der Waals surface area contributed by atoms with Gasteiger partial charge in [0.2, 0.25) is 0 Å². The SMILES string of the molecule is COCCCn1c(C)ccc(C(N)=S)c1=O. The van der Waals surface area contributed by atoms with Gasteiger partial charge in [0.1, 0.15) is 4.99 Å². The lowest BCUT2D eigenvalue weighted by Crippen LogP contribution is -2.30. The molecule has 0 atom stereocenters. The number of aromatic nitrogens is 1. The summed E-state index contributed by atoms with van der Waals surface area (Å²) in [5, 5.41) is 0. The maximum Gasteiger partial charge on any atom is 0.260 e. The molecule has 0 radical (unpaired) electrons. The highest BCUT2D eigenvalue weighted by Gasteiger charge is 2.07. The number of ether oxygens (including phenoxy) is 1. The number of hydrogen-bond donors (Lipinski definition) is 1. The molecule has 0 aliphatic heterocycles. The molecular formula is C11H16N2O2S. The zero-order valence-electron chi connectivity index (χ0n) is 9.53. The Morgan fingerprint density at radius 1 is 1.56 bits per heavy atom. The van der Waals surface area contributed by atoms with E-state index in [0.29, 0.717) is 18.7 Å². The number of thiocarbonyl (C=S) groups is 1. The second kappa shape index (κ2) is 5.77. The van der Waals surface area contributed by atoms with Crippen molar-refractivity contribution < 1.29 is 4.74 Å². The van der Waals surface area contributed by atoms with E-state index in [9.17, 15) is 4.79 Å². The van der Waals surface area contributed by atoms with Crippen molar-refractivity contribution in [3.05, 3.63) is 33.7 Å². The molecule has 16 heavy (non-hydrogen) atoms. The fourth-order valence-electron chi connectivity index (χ4n) is 1.50. The summed E-state index contributed by atoms with van der Waals surface area (Å²) in [5.41, 5.74) is 6.66. The number of pyridine rings is 1. The van der Waals surface area contributed by atoms with Gasteiger partial charge in [0, 0.05) is 26.0 Å². The molecule has 1 aromatic rings. The van der Waals surface area contributed by atoms with Crippen LogP contribution >= 0.6 is 12.2 Å². The molecule has 1 rings (SSSR count). The first-order valence-electron chi connectivity index (χ1n) is 5.07. The molecule has 5 heteroatoms. The van der Waals surface area contributed by atoms with Crippen LogP contribution in [0.4, 0.5) is 0 Å². The average Bonchev–Trinajstić information content (AvgIpc) is 2.22. The third-order valence-corrected chi connectivity index (χ3v) is 2.61. The molecule has 0 spiro atoms. The molecule has 1 heterocycles. The first kappa shape index (κ1) is 12.9. The van der Waals surface area contributed by atoms with Gasteiger partial charge in [0.15, 0.2) is 0 Å². The second-order valence-corrected chi connectivity index (χ2v) is 4.00. The van der Waals surface area contributed by atoms with Gasteiger partial charge in [-0.25, -0.2) is 0 Å². The number of nitrogens with two attached hydrogens (primary N) is 1. The van der Waals surface area contributed by atoms with E-state index in [0.717, 1.165) is 12.1 Å². The van der Waals surface area contributed by atoms with Crippen molar-refractivity contribution in [2.24, 2.45) is 5.73 Å². The van der Waals surface area contributed by atoms with Crippen molar-refractivity contribution in [3.63, 3.8) is 0 Å². The van der Waals surface area contributed by atoms with E-state index < -0.39 is 0 Å². The molecule has 0 amide bonds. The molecular weight excluding hydrogens is 224 g/mol. The lowest BCUT2D eigenvalue weighted by molar-refractivity contribution is 0.189. The molecule has 0 unspecified atom stereocenters. The van der Waals surface area contributed by atoms with E-state index in [-0.39, 0.29) is 10.5 Å². The van der Waals surface area contributed by atoms with Gasteiger partial charge in [0.25, 0.3) is 5.56 Å². The van der Waals surface area contributed by atoms with Crippen molar-refractivity contribution in [2.45, 2.75) is 19.9 Å². The fraction of sp³-hybridized carbons (Fsp3) is 0.455. The predicted molar refractivity (Wildman–Crippen MR) is 67.8 cm³/mol. The van der Waals surface area contributed by atoms with Gasteiger partial charge in [-0.3, -0.25) is 4.79 Å². The molecule has 0 saturated carbocycles. The number of hydrogen-bond acceptors (Lipinski definition) is 3. The maximum absolute atomic E-state index is 12.0. The standard InChI is InChI=1S/C11H16N2O2S/c1-8-4-5-9(10(12)16)11(14)13(8)6-3-7-15-2/h4-5H,3,6-7H2,1-2H3,(H2,12,16). The smallest absolute Gasteiger partial charge is 0.260 e. The molecule has 88 valence electrons. The lowest BCUT2D eigenvalue weighted by Gasteiger charge is -2.11. The first-order valence-corrected chi connectivity index (χ1v) is 5.48. The average molecular weight is 240 g/mol. The summed E-state index contributed by atoms with van der Waals surface area (Å²) in [6.45, 7) is 3.13. The summed E-state index contributed by atoms with van der Waals surface area (Å²) >= 11 is 4.83. The minimum Gasteiger partial charge on any atom is -0.389 e. The van der Waals surface area contributed by atoms with Gasteiger partial charge in [0.05, 0.1) is 5.56 Å². The van der Waals surface area contributed by atoms with E-state index >= 15 is 0 Å². The van der Waals surface area contributed by atoms with E-state index in [1.54, 1.807) is 17.7 Å². The first-order chi connectivity index (χ1) is 7.57.